The Hall–Kier alpha value is -0.610. The number of hydrogen-bond donors (Lipinski definition) is 1. The number of nitrogens with zero attached hydrogens (tertiary/aromatic N) is 1. The van der Waals surface area contributed by atoms with Crippen molar-refractivity contribution >= 4 is 5.97 Å². The Morgan fingerprint density at radius 1 is 1.56 bits per heavy atom. The van der Waals surface area contributed by atoms with Gasteiger partial charge in [0.05, 0.1) is 7.11 Å². The number of ether oxygens (including phenoxy) is 1. The molecule has 94 valence electrons. The van der Waals surface area contributed by atoms with Crippen LogP contribution in [0.2, 0.25) is 0 Å². The van der Waals surface area contributed by atoms with Crippen molar-refractivity contribution in [3.05, 3.63) is 0 Å². The number of carbonyl (C=O) groups excluding carboxylic acids is 1. The van der Waals surface area contributed by atoms with Gasteiger partial charge in [0.25, 0.3) is 0 Å². The molecule has 1 aliphatic rings. The molecule has 3 unspecified atom stereocenters. The molecule has 4 heteroatoms. The van der Waals surface area contributed by atoms with Crippen LogP contribution in [0.1, 0.15) is 33.1 Å². The molecule has 0 aliphatic carbocycles. The molecule has 2 N–H and O–H groups in total. The van der Waals surface area contributed by atoms with Crippen molar-refractivity contribution in [3.63, 3.8) is 0 Å². The van der Waals surface area contributed by atoms with Gasteiger partial charge in [-0.2, -0.15) is 0 Å². The van der Waals surface area contributed by atoms with Gasteiger partial charge in [-0.25, -0.2) is 0 Å². The third-order valence-electron chi connectivity index (χ3n) is 3.49. The maximum absolute atomic E-state index is 11.3. The fourth-order valence-electron chi connectivity index (χ4n) is 2.37. The summed E-state index contributed by atoms with van der Waals surface area (Å²) in [6.07, 6.45) is 2.55. The SMILES string of the molecule is CCC(C)N1CC(N)CC(CC(=O)OC)C1. The number of rotatable bonds is 4. The zero-order valence-electron chi connectivity index (χ0n) is 10.6. The lowest BCUT2D eigenvalue weighted by Crippen LogP contribution is -2.50. The summed E-state index contributed by atoms with van der Waals surface area (Å²) in [6, 6.07) is 0.740. The zero-order valence-corrected chi connectivity index (χ0v) is 10.6. The second-order valence-corrected chi connectivity index (χ2v) is 4.85. The highest BCUT2D eigenvalue weighted by Gasteiger charge is 2.28. The van der Waals surface area contributed by atoms with Gasteiger partial charge in [0.1, 0.15) is 0 Å². The molecule has 0 aromatic heterocycles. The van der Waals surface area contributed by atoms with Gasteiger partial charge in [-0.05, 0) is 25.7 Å². The molecule has 16 heavy (non-hydrogen) atoms. The van der Waals surface area contributed by atoms with Crippen LogP contribution in [0.3, 0.4) is 0 Å². The summed E-state index contributed by atoms with van der Waals surface area (Å²) in [7, 11) is 1.44. The summed E-state index contributed by atoms with van der Waals surface area (Å²) in [5.41, 5.74) is 6.03. The van der Waals surface area contributed by atoms with Crippen LogP contribution in [0.25, 0.3) is 0 Å². The van der Waals surface area contributed by atoms with Crippen LogP contribution in [0.15, 0.2) is 0 Å². The van der Waals surface area contributed by atoms with Gasteiger partial charge in [-0.15, -0.1) is 0 Å². The molecule has 0 aromatic rings. The fourth-order valence-corrected chi connectivity index (χ4v) is 2.37. The molecular formula is C12H24N2O2. The summed E-state index contributed by atoms with van der Waals surface area (Å²) in [4.78, 5) is 13.6. The van der Waals surface area contributed by atoms with Crippen molar-refractivity contribution < 1.29 is 9.53 Å². The minimum absolute atomic E-state index is 0.122. The highest BCUT2D eigenvalue weighted by atomic mass is 16.5. The summed E-state index contributed by atoms with van der Waals surface area (Å²) in [6.45, 7) is 6.32. The number of nitrogens with two attached hydrogens (primary N) is 1. The second-order valence-electron chi connectivity index (χ2n) is 4.85. The van der Waals surface area contributed by atoms with Crippen molar-refractivity contribution in [1.29, 1.82) is 0 Å². The third-order valence-corrected chi connectivity index (χ3v) is 3.49. The van der Waals surface area contributed by atoms with E-state index in [1.807, 2.05) is 0 Å². The maximum Gasteiger partial charge on any atom is 0.305 e. The first kappa shape index (κ1) is 13.5. The summed E-state index contributed by atoms with van der Waals surface area (Å²) < 4.78 is 4.71. The standard InChI is InChI=1S/C12H24N2O2/c1-4-9(2)14-7-10(5-11(13)8-14)6-12(15)16-3/h9-11H,4-8,13H2,1-3H3. The molecule has 0 aromatic carbocycles. The molecule has 1 heterocycles. The molecule has 0 radical (unpaired) electrons. The van der Waals surface area contributed by atoms with E-state index in [1.54, 1.807) is 0 Å². The topological polar surface area (TPSA) is 55.6 Å². The Labute approximate surface area is 98.1 Å². The number of likely N-dealkylation sites (tertiary alicyclic amines) is 1. The summed E-state index contributed by atoms with van der Waals surface area (Å²) in [5, 5.41) is 0. The van der Waals surface area contributed by atoms with Crippen molar-refractivity contribution in [2.75, 3.05) is 20.2 Å². The Bertz CT molecular complexity index is 233. The van der Waals surface area contributed by atoms with Gasteiger partial charge in [-0.3, -0.25) is 9.69 Å². The van der Waals surface area contributed by atoms with Crippen LogP contribution in [0.5, 0.6) is 0 Å². The van der Waals surface area contributed by atoms with Crippen LogP contribution >= 0.6 is 0 Å². The molecule has 1 aliphatic heterocycles. The van der Waals surface area contributed by atoms with Crippen LogP contribution < -0.4 is 5.73 Å². The predicted octanol–water partition coefficient (Wildman–Crippen LogP) is 0.997. The summed E-state index contributed by atoms with van der Waals surface area (Å²) in [5.74, 6) is 0.230. The number of methoxy groups -OCH3 is 1. The van der Waals surface area contributed by atoms with Crippen LogP contribution in [0, 0.1) is 5.92 Å². The van der Waals surface area contributed by atoms with Crippen LogP contribution in [-0.4, -0.2) is 43.2 Å². The fraction of sp³-hybridized carbons (Fsp3) is 0.917. The Morgan fingerprint density at radius 2 is 2.25 bits per heavy atom. The smallest absolute Gasteiger partial charge is 0.305 e. The molecule has 3 atom stereocenters. The maximum atomic E-state index is 11.3. The Kier molecular flexibility index (Phi) is 5.22. The number of hydrogen-bond acceptors (Lipinski definition) is 4. The second kappa shape index (κ2) is 6.21. The lowest BCUT2D eigenvalue weighted by molar-refractivity contribution is -0.142. The summed E-state index contributed by atoms with van der Waals surface area (Å²) >= 11 is 0. The molecule has 1 fully saturated rings. The molecular weight excluding hydrogens is 204 g/mol. The van der Waals surface area contributed by atoms with E-state index in [-0.39, 0.29) is 12.0 Å². The number of carbonyl (C=O) groups is 1. The Morgan fingerprint density at radius 3 is 2.81 bits per heavy atom. The van der Waals surface area contributed by atoms with Crippen molar-refractivity contribution in [3.8, 4) is 0 Å². The van der Waals surface area contributed by atoms with E-state index in [0.717, 1.165) is 25.9 Å². The monoisotopic (exact) mass is 228 g/mol. The van der Waals surface area contributed by atoms with Gasteiger partial charge in [0.15, 0.2) is 0 Å². The lowest BCUT2D eigenvalue weighted by atomic mass is 9.91. The largest absolute Gasteiger partial charge is 0.469 e. The molecule has 0 spiro atoms. The van der Waals surface area contributed by atoms with E-state index in [9.17, 15) is 4.79 Å². The first-order valence-electron chi connectivity index (χ1n) is 6.13. The lowest BCUT2D eigenvalue weighted by Gasteiger charge is -2.39. The average molecular weight is 228 g/mol. The van der Waals surface area contributed by atoms with Gasteiger partial charge < -0.3 is 10.5 Å². The number of piperidine rings is 1. The molecule has 0 saturated carbocycles. The van der Waals surface area contributed by atoms with Crippen LogP contribution in [0.4, 0.5) is 0 Å². The molecule has 0 amide bonds. The highest BCUT2D eigenvalue weighted by molar-refractivity contribution is 5.69. The first-order chi connectivity index (χ1) is 7.56. The molecule has 1 saturated heterocycles. The van der Waals surface area contributed by atoms with Gasteiger partial charge in [0, 0.05) is 31.6 Å². The minimum Gasteiger partial charge on any atom is -0.469 e. The van der Waals surface area contributed by atoms with E-state index in [2.05, 4.69) is 18.7 Å². The molecule has 0 bridgehead atoms. The van der Waals surface area contributed by atoms with Crippen molar-refractivity contribution in [2.24, 2.45) is 11.7 Å². The van der Waals surface area contributed by atoms with E-state index < -0.39 is 0 Å². The zero-order chi connectivity index (χ0) is 12.1. The highest BCUT2D eigenvalue weighted by Crippen LogP contribution is 2.21. The van der Waals surface area contributed by atoms with Gasteiger partial charge >= 0.3 is 5.97 Å². The normalized spacial score (nSPS) is 28.8. The minimum atomic E-state index is -0.122. The Balaban J connectivity index is 2.50. The first-order valence-corrected chi connectivity index (χ1v) is 6.13. The molecule has 4 nitrogen and oxygen atoms in total. The van der Waals surface area contributed by atoms with E-state index >= 15 is 0 Å². The van der Waals surface area contributed by atoms with Gasteiger partial charge in [0.2, 0.25) is 0 Å². The van der Waals surface area contributed by atoms with E-state index in [1.165, 1.54) is 7.11 Å². The van der Waals surface area contributed by atoms with Crippen LogP contribution in [-0.2, 0) is 9.53 Å². The number of esters is 1. The predicted molar refractivity (Wildman–Crippen MR) is 64.0 cm³/mol. The average Bonchev–Trinajstić information content (AvgIpc) is 2.27. The quantitative estimate of drug-likeness (QED) is 0.729. The van der Waals surface area contributed by atoms with E-state index in [0.29, 0.717) is 18.4 Å². The molecule has 1 rings (SSSR count). The third kappa shape index (κ3) is 3.76. The van der Waals surface area contributed by atoms with Gasteiger partial charge in [-0.1, -0.05) is 6.92 Å². The van der Waals surface area contributed by atoms with E-state index in [4.69, 9.17) is 10.5 Å². The van der Waals surface area contributed by atoms with Crippen molar-refractivity contribution in [1.82, 2.24) is 4.90 Å². The van der Waals surface area contributed by atoms with Crippen molar-refractivity contribution in [2.45, 2.75) is 45.2 Å².